The van der Waals surface area contributed by atoms with E-state index in [0.717, 1.165) is 109 Å². The fourth-order valence-electron chi connectivity index (χ4n) is 15.4. The van der Waals surface area contributed by atoms with Crippen LogP contribution in [0.15, 0.2) is 181 Å². The average Bonchev–Trinajstić information content (AvgIpc) is 1.64. The van der Waals surface area contributed by atoms with Crippen LogP contribution in [0, 0.1) is 18.8 Å². The summed E-state index contributed by atoms with van der Waals surface area (Å²) >= 11 is 18.4. The number of rotatable bonds is 25. The lowest BCUT2D eigenvalue weighted by atomic mass is 10.1. The Kier molecular flexibility index (Phi) is 25.3. The maximum Gasteiger partial charge on any atom is 0.254 e. The summed E-state index contributed by atoms with van der Waals surface area (Å²) in [7, 11) is 0. The highest BCUT2D eigenvalue weighted by molar-refractivity contribution is 6.31. The van der Waals surface area contributed by atoms with Crippen molar-refractivity contribution >= 4 is 228 Å². The molecule has 44 heteroatoms. The first-order valence-electron chi connectivity index (χ1n) is 44.9. The van der Waals surface area contributed by atoms with Crippen LogP contribution in [-0.2, 0) is 47.9 Å². The number of anilines is 13. The van der Waals surface area contributed by atoms with E-state index in [4.69, 9.17) is 44.8 Å². The molecule has 10 aliphatic rings. The van der Waals surface area contributed by atoms with Gasteiger partial charge in [-0.15, -0.1) is 0 Å². The van der Waals surface area contributed by atoms with Gasteiger partial charge in [0.15, 0.2) is 28.2 Å². The van der Waals surface area contributed by atoms with Crippen molar-refractivity contribution in [1.29, 1.82) is 0 Å². The Labute approximate surface area is 803 Å². The summed E-state index contributed by atoms with van der Waals surface area (Å²) in [5.41, 5.74) is 12.7. The summed E-state index contributed by atoms with van der Waals surface area (Å²) in [4.78, 5) is 148. The molecule has 24 rings (SSSR count). The molecule has 0 radical (unpaired) electrons. The van der Waals surface area contributed by atoms with Crippen LogP contribution < -0.4 is 74.4 Å². The van der Waals surface area contributed by atoms with Gasteiger partial charge in [0.25, 0.3) is 29.5 Å². The Morgan fingerprint density at radius 1 is 0.338 bits per heavy atom. The number of carbonyl (C=O) groups excluding carboxylic acids is 10. The van der Waals surface area contributed by atoms with Crippen LogP contribution in [0.5, 0.6) is 0 Å². The highest BCUT2D eigenvalue weighted by atomic mass is 35.5. The number of benzene rings is 2. The molecule has 14 aromatic rings. The molecule has 14 N–H and O–H groups in total. The summed E-state index contributed by atoms with van der Waals surface area (Å²) in [5, 5.41) is 65.4. The Balaban J connectivity index is 0.000000107. The molecule has 17 heterocycles. The SMILES string of the molecule is Cc1ccc(Cl)cc1Nc1cc(NC2CC2)n2ncc(/C=C3\CC(=O)NC3=O)c2n1.O=C1C/C(=C\c2cnn3c(NC4CC4)cc(Nc4cccnc4)nc23)C(=O)N1.O=C1C/C(=C\c2cnn3c(NC4CC4)cc(Nc4ccncc4)nc23)C(=O)N1.O=C1C/C(=C\c2cnn3c(NCC4CC4)cc(Cl)nc23)C(=O)N1.O=C1C/C(=C\c2cnn3c(NCC4CC4)cc(Nc4cccc(Cl)c4)nc23)C(=O)N1. The summed E-state index contributed by atoms with van der Waals surface area (Å²) in [6.45, 7) is 3.73. The summed E-state index contributed by atoms with van der Waals surface area (Å²) < 4.78 is 8.53. The Morgan fingerprint density at radius 3 is 1.04 bits per heavy atom. The average molecular weight is 1930 g/mol. The lowest BCUT2D eigenvalue weighted by Crippen LogP contribution is -2.19. The molecule has 0 atom stereocenters. The molecule has 0 spiro atoms. The molecule has 5 aliphatic heterocycles. The number of nitrogens with one attached hydrogen (secondary N) is 14. The molecule has 10 amide bonds. The summed E-state index contributed by atoms with van der Waals surface area (Å²) in [5.74, 6) is 4.58. The number of imide groups is 5. The number of hydrogen-bond donors (Lipinski definition) is 14. The van der Waals surface area contributed by atoms with Gasteiger partial charge in [0.2, 0.25) is 29.5 Å². The van der Waals surface area contributed by atoms with Crippen molar-refractivity contribution in [2.75, 3.05) is 60.9 Å². The lowest BCUT2D eigenvalue weighted by molar-refractivity contribution is -0.125. The van der Waals surface area contributed by atoms with E-state index in [2.05, 4.69) is 125 Å². The van der Waals surface area contributed by atoms with Gasteiger partial charge < -0.3 is 47.9 Å². The van der Waals surface area contributed by atoms with Gasteiger partial charge in [-0.3, -0.25) is 84.5 Å². The second-order valence-corrected chi connectivity index (χ2v) is 36.0. The fourth-order valence-corrected chi connectivity index (χ4v) is 16.0. The predicted octanol–water partition coefficient (Wildman–Crippen LogP) is 12.2. The lowest BCUT2D eigenvalue weighted by Gasteiger charge is -2.13. The molecule has 5 saturated carbocycles. The van der Waals surface area contributed by atoms with E-state index < -0.39 is 0 Å². The zero-order valence-corrected chi connectivity index (χ0v) is 76.3. The molecule has 41 nitrogen and oxygen atoms in total. The third-order valence-electron chi connectivity index (χ3n) is 23.4. The first-order valence-corrected chi connectivity index (χ1v) is 46.1. The molecule has 0 bridgehead atoms. The number of aromatic nitrogens is 17. The number of hydrogen-bond acceptors (Lipinski definition) is 31. The van der Waals surface area contributed by atoms with E-state index in [9.17, 15) is 47.9 Å². The van der Waals surface area contributed by atoms with Crippen LogP contribution in [0.4, 0.5) is 75.1 Å². The van der Waals surface area contributed by atoms with Crippen LogP contribution in [0.3, 0.4) is 0 Å². The normalized spacial score (nSPS) is 18.1. The molecule has 2 aromatic carbocycles. The number of carbonyl (C=O) groups is 10. The third-order valence-corrected chi connectivity index (χ3v) is 24.0. The van der Waals surface area contributed by atoms with E-state index >= 15 is 0 Å². The quantitative estimate of drug-likeness (QED) is 0.0144. The molecular weight excluding hydrogens is 1840 g/mol. The number of amides is 10. The molecule has 12 aromatic heterocycles. The largest absolute Gasteiger partial charge is 0.370 e. The van der Waals surface area contributed by atoms with Gasteiger partial charge in [0.1, 0.15) is 57.5 Å². The minimum absolute atomic E-state index is 0.0585. The van der Waals surface area contributed by atoms with E-state index in [0.29, 0.717) is 152 Å². The van der Waals surface area contributed by atoms with Crippen molar-refractivity contribution in [2.45, 2.75) is 121 Å². The van der Waals surface area contributed by atoms with E-state index in [1.807, 2.05) is 91.9 Å². The minimum atomic E-state index is -0.375. The number of aryl methyl sites for hydroxylation is 1. The minimum Gasteiger partial charge on any atom is -0.370 e. The van der Waals surface area contributed by atoms with E-state index in [1.165, 1.54) is 25.7 Å². The Bertz CT molecular complexity index is 7370. The maximum absolute atomic E-state index is 12.0. The highest BCUT2D eigenvalue weighted by Crippen LogP contribution is 2.38. The highest BCUT2D eigenvalue weighted by Gasteiger charge is 2.33. The molecule has 10 fully saturated rings. The van der Waals surface area contributed by atoms with Gasteiger partial charge in [0.05, 0.1) is 75.0 Å². The third kappa shape index (κ3) is 22.0. The predicted molar refractivity (Wildman–Crippen MR) is 520 cm³/mol. The first kappa shape index (κ1) is 90.1. The molecule has 139 heavy (non-hydrogen) atoms. The van der Waals surface area contributed by atoms with Crippen molar-refractivity contribution in [3.8, 4) is 0 Å². The standard InChI is InChI=1S/2C21H19ClN6O2.2C19H17N7O2.C15H14ClN5O2/c1-11-2-3-14(22)8-16(11)25-17-9-18(24-15-4-5-15)28-20(26-17)13(10-23-28)6-12-7-19(29)27-21(12)30;22-15-2-1-3-16(8-15)25-17-9-18(23-10-12-4-5-12)28-20(26-17)14(11-24-28)6-13-7-19(29)27-21(13)30;27-17-8-11(19(28)25-17)7-12-10-21-26-16(23-13-1-2-13)9-15(24-18(12)26)22-14-3-5-20-6-4-14;27-17-7-11(19(28)25-17)6-12-9-21-26-16(23-13-3-4-13)8-15(24-18(12)26)22-14-2-1-5-20-10-14;16-11-5-12(17-6-8-1-2-8)21-14(19-11)10(7-18-21)3-9-4-13(22)20-15(9)23/h2-3,6,8-10,15,24H,4-5,7H2,1H3,(H,25,26)(H,27,29,30);1-3,6,8-9,11-12,23H,4-5,7,10H2,(H,25,26)(H,27,29,30);3-7,9-10,13,23H,1-2,8H2,(H,20,22,24)(H,25,27,28);1-2,5-6,8-10,13,23H,3-4,7H2,(H,22,24)(H,25,27,28);3,5,7-8,17H,1-2,4,6H2,(H,20,22,23)/b12-6+;13-6+;11-7+;11-6+;9-3+. The monoisotopic (exact) mass is 1930 g/mol. The van der Waals surface area contributed by atoms with Crippen molar-refractivity contribution in [3.63, 3.8) is 0 Å². The molecule has 702 valence electrons. The van der Waals surface area contributed by atoms with Gasteiger partial charge in [-0.2, -0.15) is 48.1 Å². The molecule has 5 saturated heterocycles. The maximum atomic E-state index is 12.0. The molecule has 5 aliphatic carbocycles. The van der Waals surface area contributed by atoms with Gasteiger partial charge >= 0.3 is 0 Å². The van der Waals surface area contributed by atoms with Crippen LogP contribution >= 0.6 is 34.8 Å². The van der Waals surface area contributed by atoms with Crippen LogP contribution in [0.25, 0.3) is 58.6 Å². The zero-order valence-electron chi connectivity index (χ0n) is 74.0. The summed E-state index contributed by atoms with van der Waals surface area (Å²) in [6.07, 6.45) is 35.4. The Morgan fingerprint density at radius 2 is 0.683 bits per heavy atom. The zero-order chi connectivity index (χ0) is 95.6. The smallest absolute Gasteiger partial charge is 0.254 e. The van der Waals surface area contributed by atoms with E-state index in [1.54, 1.807) is 121 Å². The Hall–Kier alpha value is -16.7. The first-order chi connectivity index (χ1) is 67.4. The molecule has 0 unspecified atom stereocenters. The molecular formula is C95H86Cl3N31O10. The van der Waals surface area contributed by atoms with Crippen molar-refractivity contribution < 1.29 is 47.9 Å². The van der Waals surface area contributed by atoms with Crippen molar-refractivity contribution in [2.24, 2.45) is 11.8 Å². The number of nitrogens with zero attached hydrogens (tertiary/aromatic N) is 17. The summed E-state index contributed by atoms with van der Waals surface area (Å²) in [6, 6.07) is 31.1. The van der Waals surface area contributed by atoms with Gasteiger partial charge in [-0.1, -0.05) is 46.9 Å². The van der Waals surface area contributed by atoms with E-state index in [-0.39, 0.29) is 91.2 Å². The number of fused-ring (bicyclic) bond motifs is 5. The van der Waals surface area contributed by atoms with Gasteiger partial charge in [-0.25, -0.2) is 24.9 Å². The fraction of sp³-hybridized carbons (Fsp3) is 0.242. The van der Waals surface area contributed by atoms with Crippen molar-refractivity contribution in [1.82, 2.24) is 110 Å². The second-order valence-electron chi connectivity index (χ2n) is 34.7. The van der Waals surface area contributed by atoms with Gasteiger partial charge in [0, 0.05) is 163 Å². The van der Waals surface area contributed by atoms with Crippen LogP contribution in [0.1, 0.15) is 130 Å². The van der Waals surface area contributed by atoms with Crippen LogP contribution in [0.2, 0.25) is 15.2 Å². The second kappa shape index (κ2) is 39.0. The van der Waals surface area contributed by atoms with Gasteiger partial charge in [-0.05, 0) is 174 Å². The number of halogens is 3. The van der Waals surface area contributed by atoms with Crippen molar-refractivity contribution in [3.05, 3.63) is 229 Å². The van der Waals surface area contributed by atoms with Crippen LogP contribution in [-0.4, -0.2) is 173 Å². The topological polar surface area (TPSA) is 516 Å². The number of pyridine rings is 2.